The monoisotopic (exact) mass is 276 g/mol. The summed E-state index contributed by atoms with van der Waals surface area (Å²) in [5.74, 6) is 2.44. The largest absolute Gasteiger partial charge is 0.345 e. The van der Waals surface area contributed by atoms with Crippen LogP contribution in [0.1, 0.15) is 0 Å². The van der Waals surface area contributed by atoms with Crippen LogP contribution in [0.25, 0.3) is 34.2 Å². The molecule has 6 heteroatoms. The molecular formula is C15H12N6. The Labute approximate surface area is 120 Å². The second-order valence-corrected chi connectivity index (χ2v) is 4.57. The summed E-state index contributed by atoms with van der Waals surface area (Å²) in [6, 6.07) is 6.09. The predicted molar refractivity (Wildman–Crippen MR) is 79.2 cm³/mol. The van der Waals surface area contributed by atoms with E-state index in [2.05, 4.69) is 36.0 Å². The molecular weight excluding hydrogens is 264 g/mol. The fraction of sp³-hybridized carbons (Fsp3) is 0. The second-order valence-electron chi connectivity index (χ2n) is 4.57. The Morgan fingerprint density at radius 3 is 1.76 bits per heavy atom. The van der Waals surface area contributed by atoms with E-state index in [4.69, 9.17) is 0 Å². The SMILES string of the molecule is c1c[nH]c(-c2ccc(-c3ncc[nH]3)c(-c3ncc[nH]3)c2)n1. The van der Waals surface area contributed by atoms with E-state index in [9.17, 15) is 0 Å². The number of hydrogen-bond acceptors (Lipinski definition) is 3. The summed E-state index contributed by atoms with van der Waals surface area (Å²) in [5.41, 5.74) is 2.97. The maximum absolute atomic E-state index is 4.35. The Morgan fingerprint density at radius 2 is 1.19 bits per heavy atom. The molecule has 0 atom stereocenters. The molecule has 0 radical (unpaired) electrons. The number of imidazole rings is 3. The number of benzene rings is 1. The molecule has 1 aromatic carbocycles. The van der Waals surface area contributed by atoms with Crippen molar-refractivity contribution in [3.63, 3.8) is 0 Å². The first-order valence-corrected chi connectivity index (χ1v) is 6.55. The Bertz CT molecular complexity index is 829. The van der Waals surface area contributed by atoms with Crippen molar-refractivity contribution in [3.8, 4) is 34.2 Å². The van der Waals surface area contributed by atoms with Gasteiger partial charge in [-0.2, -0.15) is 0 Å². The molecule has 0 bridgehead atoms. The van der Waals surface area contributed by atoms with Gasteiger partial charge >= 0.3 is 0 Å². The van der Waals surface area contributed by atoms with Crippen molar-refractivity contribution in [2.45, 2.75) is 0 Å². The molecule has 3 N–H and O–H groups in total. The van der Waals surface area contributed by atoms with Crippen LogP contribution in [0.2, 0.25) is 0 Å². The van der Waals surface area contributed by atoms with Crippen molar-refractivity contribution in [1.82, 2.24) is 29.9 Å². The van der Waals surface area contributed by atoms with Crippen molar-refractivity contribution in [3.05, 3.63) is 55.4 Å². The lowest BCUT2D eigenvalue weighted by atomic mass is 10.0. The van der Waals surface area contributed by atoms with E-state index in [-0.39, 0.29) is 0 Å². The molecule has 21 heavy (non-hydrogen) atoms. The average Bonchev–Trinajstić information content (AvgIpc) is 3.28. The van der Waals surface area contributed by atoms with Gasteiger partial charge in [-0.15, -0.1) is 0 Å². The Hall–Kier alpha value is -3.15. The number of nitrogens with one attached hydrogen (secondary N) is 3. The first-order chi connectivity index (χ1) is 10.4. The molecule has 0 amide bonds. The molecule has 0 spiro atoms. The maximum atomic E-state index is 4.35. The highest BCUT2D eigenvalue weighted by atomic mass is 14.9. The van der Waals surface area contributed by atoms with Gasteiger partial charge < -0.3 is 15.0 Å². The van der Waals surface area contributed by atoms with Gasteiger partial charge in [-0.05, 0) is 12.1 Å². The fourth-order valence-electron chi connectivity index (χ4n) is 2.34. The zero-order valence-corrected chi connectivity index (χ0v) is 11.0. The van der Waals surface area contributed by atoms with Gasteiger partial charge in [0, 0.05) is 53.9 Å². The van der Waals surface area contributed by atoms with E-state index in [1.54, 1.807) is 24.8 Å². The molecule has 3 heterocycles. The van der Waals surface area contributed by atoms with Gasteiger partial charge in [0.15, 0.2) is 0 Å². The molecule has 0 aliphatic carbocycles. The van der Waals surface area contributed by atoms with E-state index in [1.165, 1.54) is 0 Å². The number of H-pyrrole nitrogens is 3. The van der Waals surface area contributed by atoms with Crippen LogP contribution in [0.5, 0.6) is 0 Å². The van der Waals surface area contributed by atoms with Crippen molar-refractivity contribution >= 4 is 0 Å². The molecule has 3 aromatic heterocycles. The normalized spacial score (nSPS) is 10.9. The van der Waals surface area contributed by atoms with Crippen molar-refractivity contribution < 1.29 is 0 Å². The minimum Gasteiger partial charge on any atom is -0.345 e. The molecule has 102 valence electrons. The highest BCUT2D eigenvalue weighted by molar-refractivity contribution is 5.81. The molecule has 0 aliphatic heterocycles. The minimum absolute atomic E-state index is 0.801. The summed E-state index contributed by atoms with van der Waals surface area (Å²) in [7, 11) is 0. The predicted octanol–water partition coefficient (Wildman–Crippen LogP) is 2.86. The molecule has 6 nitrogen and oxygen atoms in total. The van der Waals surface area contributed by atoms with Gasteiger partial charge in [0.1, 0.15) is 17.5 Å². The number of nitrogens with zero attached hydrogens (tertiary/aromatic N) is 3. The van der Waals surface area contributed by atoms with Crippen LogP contribution in [-0.2, 0) is 0 Å². The summed E-state index contributed by atoms with van der Waals surface area (Å²) < 4.78 is 0. The zero-order chi connectivity index (χ0) is 14.1. The number of aromatic nitrogens is 6. The van der Waals surface area contributed by atoms with Crippen LogP contribution in [0, 0.1) is 0 Å². The Morgan fingerprint density at radius 1 is 0.619 bits per heavy atom. The van der Waals surface area contributed by atoms with Crippen LogP contribution in [0.3, 0.4) is 0 Å². The van der Waals surface area contributed by atoms with Crippen molar-refractivity contribution in [2.24, 2.45) is 0 Å². The minimum atomic E-state index is 0.801. The third-order valence-electron chi connectivity index (χ3n) is 3.30. The van der Waals surface area contributed by atoms with E-state index in [0.717, 1.165) is 34.2 Å². The lowest BCUT2D eigenvalue weighted by Crippen LogP contribution is -1.91. The number of hydrogen-bond donors (Lipinski definition) is 3. The highest BCUT2D eigenvalue weighted by Crippen LogP contribution is 2.31. The van der Waals surface area contributed by atoms with Crippen molar-refractivity contribution in [2.75, 3.05) is 0 Å². The van der Waals surface area contributed by atoms with Crippen molar-refractivity contribution in [1.29, 1.82) is 0 Å². The van der Waals surface area contributed by atoms with Crippen LogP contribution in [-0.4, -0.2) is 29.9 Å². The maximum Gasteiger partial charge on any atom is 0.138 e. The average molecular weight is 276 g/mol. The van der Waals surface area contributed by atoms with Gasteiger partial charge in [0.25, 0.3) is 0 Å². The first kappa shape index (κ1) is 11.7. The molecule has 0 saturated heterocycles. The van der Waals surface area contributed by atoms with Gasteiger partial charge in [-0.3, -0.25) is 0 Å². The van der Waals surface area contributed by atoms with E-state index >= 15 is 0 Å². The van der Waals surface area contributed by atoms with Gasteiger partial charge in [-0.25, -0.2) is 15.0 Å². The van der Waals surface area contributed by atoms with E-state index in [1.807, 2.05) is 24.5 Å². The lowest BCUT2D eigenvalue weighted by Gasteiger charge is -2.07. The molecule has 0 fully saturated rings. The lowest BCUT2D eigenvalue weighted by molar-refractivity contribution is 1.26. The first-order valence-electron chi connectivity index (χ1n) is 6.55. The van der Waals surface area contributed by atoms with Crippen LogP contribution in [0.15, 0.2) is 55.4 Å². The van der Waals surface area contributed by atoms with Crippen LogP contribution in [0.4, 0.5) is 0 Å². The Balaban J connectivity index is 1.92. The van der Waals surface area contributed by atoms with Gasteiger partial charge in [0.2, 0.25) is 0 Å². The summed E-state index contributed by atoms with van der Waals surface area (Å²) in [6.45, 7) is 0. The summed E-state index contributed by atoms with van der Waals surface area (Å²) in [6.07, 6.45) is 10.6. The Kier molecular flexibility index (Phi) is 2.64. The standard InChI is InChI=1S/C15H12N6/c1-2-11(14-18-5-6-19-14)12(15-20-7-8-21-15)9-10(1)13-16-3-4-17-13/h1-9H,(H,16,17)(H,18,19)(H,20,21). The molecule has 0 aliphatic rings. The highest BCUT2D eigenvalue weighted by Gasteiger charge is 2.13. The molecule has 4 rings (SSSR count). The topological polar surface area (TPSA) is 86.0 Å². The number of aromatic amines is 3. The van der Waals surface area contributed by atoms with E-state index < -0.39 is 0 Å². The molecule has 0 saturated carbocycles. The third kappa shape index (κ3) is 2.02. The van der Waals surface area contributed by atoms with Gasteiger partial charge in [-0.1, -0.05) is 6.07 Å². The quantitative estimate of drug-likeness (QED) is 0.537. The zero-order valence-electron chi connectivity index (χ0n) is 11.0. The summed E-state index contributed by atoms with van der Waals surface area (Å²) in [4.78, 5) is 22.4. The fourth-order valence-corrected chi connectivity index (χ4v) is 2.34. The third-order valence-corrected chi connectivity index (χ3v) is 3.30. The smallest absolute Gasteiger partial charge is 0.138 e. The summed E-state index contributed by atoms with van der Waals surface area (Å²) >= 11 is 0. The number of rotatable bonds is 3. The molecule has 4 aromatic rings. The van der Waals surface area contributed by atoms with Crippen LogP contribution < -0.4 is 0 Å². The van der Waals surface area contributed by atoms with Crippen LogP contribution >= 0.6 is 0 Å². The molecule has 0 unspecified atom stereocenters. The van der Waals surface area contributed by atoms with E-state index in [0.29, 0.717) is 0 Å². The summed E-state index contributed by atoms with van der Waals surface area (Å²) in [5, 5.41) is 0. The van der Waals surface area contributed by atoms with Gasteiger partial charge in [0.05, 0.1) is 0 Å². The second kappa shape index (κ2) is 4.75.